The zero-order valence-corrected chi connectivity index (χ0v) is 6.13. The van der Waals surface area contributed by atoms with Crippen LogP contribution in [0.25, 0.3) is 0 Å². The average molecular weight is 141 g/mol. The Balaban J connectivity index is 0.000000371. The van der Waals surface area contributed by atoms with Crippen LogP contribution >= 0.6 is 0 Å². The smallest absolute Gasteiger partial charge is 0.284 e. The van der Waals surface area contributed by atoms with Gasteiger partial charge in [-0.25, -0.2) is 0 Å². The topological polar surface area (TPSA) is 56.2 Å². The summed E-state index contributed by atoms with van der Waals surface area (Å²) in [7, 11) is 0. The van der Waals surface area contributed by atoms with Crippen LogP contribution in [0.5, 0.6) is 0 Å². The molecule has 0 unspecified atom stereocenters. The van der Waals surface area contributed by atoms with Crippen LogP contribution in [-0.4, -0.2) is 5.91 Å². The molecular formula is C7H11NO2. The highest BCUT2D eigenvalue weighted by Crippen LogP contribution is 1.96. The van der Waals surface area contributed by atoms with Gasteiger partial charge in [0, 0.05) is 0 Å². The van der Waals surface area contributed by atoms with Gasteiger partial charge in [0.1, 0.15) is 0 Å². The SMILES string of the molecule is CC.NC(=O)c1ccco1. The van der Waals surface area contributed by atoms with E-state index in [-0.39, 0.29) is 5.76 Å². The van der Waals surface area contributed by atoms with Gasteiger partial charge in [0.15, 0.2) is 5.76 Å². The number of hydrogen-bond donors (Lipinski definition) is 1. The number of carbonyl (C=O) groups excluding carboxylic acids is 1. The maximum absolute atomic E-state index is 10.2. The Morgan fingerprint density at radius 1 is 1.60 bits per heavy atom. The van der Waals surface area contributed by atoms with E-state index in [0.717, 1.165) is 0 Å². The zero-order valence-electron chi connectivity index (χ0n) is 6.13. The molecule has 10 heavy (non-hydrogen) atoms. The van der Waals surface area contributed by atoms with Crippen molar-refractivity contribution in [2.45, 2.75) is 13.8 Å². The molecule has 56 valence electrons. The lowest BCUT2D eigenvalue weighted by atomic mass is 10.4. The van der Waals surface area contributed by atoms with Crippen molar-refractivity contribution in [1.29, 1.82) is 0 Å². The highest BCUT2D eigenvalue weighted by atomic mass is 16.3. The van der Waals surface area contributed by atoms with Gasteiger partial charge in [0.2, 0.25) is 0 Å². The van der Waals surface area contributed by atoms with Crippen molar-refractivity contribution in [3.63, 3.8) is 0 Å². The zero-order chi connectivity index (χ0) is 7.98. The minimum Gasteiger partial charge on any atom is -0.459 e. The van der Waals surface area contributed by atoms with E-state index >= 15 is 0 Å². The molecule has 1 rings (SSSR count). The Kier molecular flexibility index (Phi) is 4.04. The van der Waals surface area contributed by atoms with Crippen LogP contribution in [0.15, 0.2) is 22.8 Å². The number of rotatable bonds is 1. The number of amides is 1. The summed E-state index contributed by atoms with van der Waals surface area (Å²) in [5, 5.41) is 0. The molecule has 1 aromatic heterocycles. The number of nitrogens with two attached hydrogens (primary N) is 1. The van der Waals surface area contributed by atoms with Gasteiger partial charge in [-0.15, -0.1) is 0 Å². The van der Waals surface area contributed by atoms with Crippen molar-refractivity contribution in [2.75, 3.05) is 0 Å². The fourth-order valence-electron chi connectivity index (χ4n) is 0.419. The third kappa shape index (κ3) is 2.35. The molecule has 0 fully saturated rings. The quantitative estimate of drug-likeness (QED) is 0.642. The lowest BCUT2D eigenvalue weighted by Gasteiger charge is -1.80. The number of carbonyl (C=O) groups is 1. The predicted molar refractivity (Wildman–Crippen MR) is 38.6 cm³/mol. The monoisotopic (exact) mass is 141 g/mol. The summed E-state index contributed by atoms with van der Waals surface area (Å²) in [5.41, 5.74) is 4.83. The second-order valence-electron chi connectivity index (χ2n) is 1.34. The van der Waals surface area contributed by atoms with E-state index in [1.165, 1.54) is 12.3 Å². The summed E-state index contributed by atoms with van der Waals surface area (Å²) >= 11 is 0. The lowest BCUT2D eigenvalue weighted by Crippen LogP contribution is -2.08. The fourth-order valence-corrected chi connectivity index (χ4v) is 0.419. The van der Waals surface area contributed by atoms with E-state index < -0.39 is 5.91 Å². The molecular weight excluding hydrogens is 130 g/mol. The highest BCUT2D eigenvalue weighted by Gasteiger charge is 1.98. The molecule has 0 aliphatic carbocycles. The first-order chi connectivity index (χ1) is 4.80. The van der Waals surface area contributed by atoms with E-state index in [9.17, 15) is 4.79 Å². The standard InChI is InChI=1S/C5H5NO2.C2H6/c6-5(7)4-2-1-3-8-4;1-2/h1-3H,(H2,6,7);1-2H3. The molecule has 0 saturated carbocycles. The minimum atomic E-state index is -0.532. The van der Waals surface area contributed by atoms with Gasteiger partial charge < -0.3 is 10.2 Å². The Hall–Kier alpha value is -1.25. The van der Waals surface area contributed by atoms with Crippen LogP contribution in [-0.2, 0) is 0 Å². The van der Waals surface area contributed by atoms with Crippen molar-refractivity contribution in [3.05, 3.63) is 24.2 Å². The van der Waals surface area contributed by atoms with Crippen molar-refractivity contribution in [1.82, 2.24) is 0 Å². The van der Waals surface area contributed by atoms with Crippen molar-refractivity contribution >= 4 is 5.91 Å². The normalized spacial score (nSPS) is 7.80. The third-order valence-corrected chi connectivity index (χ3v) is 0.764. The van der Waals surface area contributed by atoms with Crippen LogP contribution < -0.4 is 5.73 Å². The molecule has 0 bridgehead atoms. The first kappa shape index (κ1) is 8.75. The highest BCUT2D eigenvalue weighted by molar-refractivity contribution is 5.89. The van der Waals surface area contributed by atoms with Crippen LogP contribution in [0.4, 0.5) is 0 Å². The molecule has 2 N–H and O–H groups in total. The third-order valence-electron chi connectivity index (χ3n) is 0.764. The van der Waals surface area contributed by atoms with Crippen molar-refractivity contribution < 1.29 is 9.21 Å². The molecule has 0 atom stereocenters. The van der Waals surface area contributed by atoms with E-state index in [1.54, 1.807) is 6.07 Å². The molecule has 3 heteroatoms. The van der Waals surface area contributed by atoms with Crippen LogP contribution in [0, 0.1) is 0 Å². The van der Waals surface area contributed by atoms with Gasteiger partial charge in [-0.1, -0.05) is 13.8 Å². The van der Waals surface area contributed by atoms with Gasteiger partial charge in [-0.2, -0.15) is 0 Å². The maximum Gasteiger partial charge on any atom is 0.284 e. The molecule has 0 radical (unpaired) electrons. The van der Waals surface area contributed by atoms with Crippen molar-refractivity contribution in [2.24, 2.45) is 5.73 Å². The Morgan fingerprint density at radius 3 is 2.40 bits per heavy atom. The van der Waals surface area contributed by atoms with Gasteiger partial charge in [0.05, 0.1) is 6.26 Å². The minimum absolute atomic E-state index is 0.199. The van der Waals surface area contributed by atoms with Crippen LogP contribution in [0.1, 0.15) is 24.4 Å². The Labute approximate surface area is 59.8 Å². The second kappa shape index (κ2) is 4.61. The van der Waals surface area contributed by atoms with E-state index in [0.29, 0.717) is 0 Å². The van der Waals surface area contributed by atoms with Crippen LogP contribution in [0.3, 0.4) is 0 Å². The summed E-state index contributed by atoms with van der Waals surface area (Å²) in [6.45, 7) is 4.00. The van der Waals surface area contributed by atoms with Gasteiger partial charge in [-0.3, -0.25) is 4.79 Å². The Bertz CT molecular complexity index is 179. The first-order valence-electron chi connectivity index (χ1n) is 3.14. The lowest BCUT2D eigenvalue weighted by molar-refractivity contribution is 0.0974. The number of hydrogen-bond acceptors (Lipinski definition) is 2. The summed E-state index contributed by atoms with van der Waals surface area (Å²) in [5.74, 6) is -0.333. The van der Waals surface area contributed by atoms with Gasteiger partial charge >= 0.3 is 0 Å². The maximum atomic E-state index is 10.2. The fraction of sp³-hybridized carbons (Fsp3) is 0.286. The summed E-state index contributed by atoms with van der Waals surface area (Å²) < 4.78 is 4.62. The molecule has 1 amide bonds. The molecule has 0 aromatic carbocycles. The molecule has 0 spiro atoms. The summed E-state index contributed by atoms with van der Waals surface area (Å²) in [6.07, 6.45) is 1.40. The first-order valence-corrected chi connectivity index (χ1v) is 3.14. The van der Waals surface area contributed by atoms with Crippen LogP contribution in [0.2, 0.25) is 0 Å². The largest absolute Gasteiger partial charge is 0.459 e. The van der Waals surface area contributed by atoms with E-state index in [1.807, 2.05) is 13.8 Å². The molecule has 0 aliphatic rings. The van der Waals surface area contributed by atoms with Crippen molar-refractivity contribution in [3.8, 4) is 0 Å². The predicted octanol–water partition coefficient (Wildman–Crippen LogP) is 1.40. The summed E-state index contributed by atoms with van der Waals surface area (Å²) in [6, 6.07) is 3.13. The Morgan fingerprint density at radius 2 is 2.20 bits per heavy atom. The van der Waals surface area contributed by atoms with E-state index in [4.69, 9.17) is 5.73 Å². The molecule has 0 saturated heterocycles. The van der Waals surface area contributed by atoms with Gasteiger partial charge in [-0.05, 0) is 12.1 Å². The van der Waals surface area contributed by atoms with Gasteiger partial charge in [0.25, 0.3) is 5.91 Å². The molecule has 0 aliphatic heterocycles. The second-order valence-corrected chi connectivity index (χ2v) is 1.34. The average Bonchev–Trinajstić information content (AvgIpc) is 2.42. The summed E-state index contributed by atoms with van der Waals surface area (Å²) in [4.78, 5) is 10.2. The molecule has 3 nitrogen and oxygen atoms in total. The number of primary amides is 1. The van der Waals surface area contributed by atoms with E-state index in [2.05, 4.69) is 4.42 Å². The number of furan rings is 1. The molecule has 1 aromatic rings. The molecule has 1 heterocycles.